The van der Waals surface area contributed by atoms with Crippen LogP contribution in [0, 0.1) is 5.41 Å². The quantitative estimate of drug-likeness (QED) is 0.516. The summed E-state index contributed by atoms with van der Waals surface area (Å²) in [6.45, 7) is 7.88. The number of hydrogen-bond acceptors (Lipinski definition) is 5. The van der Waals surface area contributed by atoms with Gasteiger partial charge in [0.05, 0.1) is 11.2 Å². The zero-order valence-corrected chi connectivity index (χ0v) is 18.9. The van der Waals surface area contributed by atoms with Crippen LogP contribution in [0.5, 0.6) is 0 Å². The number of nitrogens with zero attached hydrogens (tertiary/aromatic N) is 2. The van der Waals surface area contributed by atoms with E-state index in [1.807, 2.05) is 44.2 Å². The zero-order chi connectivity index (χ0) is 22.7. The van der Waals surface area contributed by atoms with Gasteiger partial charge in [-0.05, 0) is 39.9 Å². The average molecular weight is 421 g/mol. The first-order valence-corrected chi connectivity index (χ1v) is 10.3. The number of benzene rings is 1. The topological polar surface area (TPSA) is 105 Å². The van der Waals surface area contributed by atoms with Crippen molar-refractivity contribution >= 4 is 11.9 Å². The minimum Gasteiger partial charge on any atom is -0.389 e. The van der Waals surface area contributed by atoms with Crippen LogP contribution in [0.3, 0.4) is 0 Å². The molecule has 8 nitrogen and oxygen atoms in total. The molecule has 0 saturated carbocycles. The number of rotatable bonds is 6. The van der Waals surface area contributed by atoms with Crippen LogP contribution in [0.4, 0.5) is 4.79 Å². The highest BCUT2D eigenvalue weighted by atomic mass is 16.3. The zero-order valence-electron chi connectivity index (χ0n) is 18.9. The summed E-state index contributed by atoms with van der Waals surface area (Å²) in [5.74, 6) is -0.235. The molecule has 4 N–H and O–H groups in total. The summed E-state index contributed by atoms with van der Waals surface area (Å²) in [7, 11) is 3.43. The predicted molar refractivity (Wildman–Crippen MR) is 116 cm³/mol. The van der Waals surface area contributed by atoms with Gasteiger partial charge in [-0.1, -0.05) is 44.2 Å². The lowest BCUT2D eigenvalue weighted by molar-refractivity contribution is -0.157. The van der Waals surface area contributed by atoms with E-state index in [0.29, 0.717) is 19.5 Å². The smallest absolute Gasteiger partial charge is 0.316 e. The van der Waals surface area contributed by atoms with Crippen LogP contribution in [0.2, 0.25) is 0 Å². The Morgan fingerprint density at radius 1 is 1.23 bits per heavy atom. The summed E-state index contributed by atoms with van der Waals surface area (Å²) < 4.78 is 0. The largest absolute Gasteiger partial charge is 0.389 e. The van der Waals surface area contributed by atoms with E-state index >= 15 is 0 Å². The summed E-state index contributed by atoms with van der Waals surface area (Å²) in [4.78, 5) is 28.8. The third-order valence-electron chi connectivity index (χ3n) is 5.71. The maximum absolute atomic E-state index is 13.2. The number of carbonyl (C=O) groups is 2. The summed E-state index contributed by atoms with van der Waals surface area (Å²) in [5.41, 5.74) is -1.83. The molecular weight excluding hydrogens is 384 g/mol. The van der Waals surface area contributed by atoms with E-state index < -0.39 is 28.8 Å². The number of likely N-dealkylation sites (N-methyl/N-ethyl adjacent to an activating group) is 1. The molecule has 0 bridgehead atoms. The maximum Gasteiger partial charge on any atom is 0.316 e. The minimum atomic E-state index is -1.05. The summed E-state index contributed by atoms with van der Waals surface area (Å²) in [6, 6.07) is 9.02. The van der Waals surface area contributed by atoms with Crippen LogP contribution in [-0.4, -0.2) is 77.4 Å². The number of hydrogen-bond donors (Lipinski definition) is 4. The van der Waals surface area contributed by atoms with Gasteiger partial charge in [0.15, 0.2) is 6.17 Å². The van der Waals surface area contributed by atoms with Gasteiger partial charge >= 0.3 is 6.03 Å². The molecule has 1 fully saturated rings. The number of carbonyl (C=O) groups excluding carboxylic acids is 2. The fraction of sp³-hybridized carbons (Fsp3) is 0.636. The number of aliphatic hydroxyl groups is 2. The molecule has 0 spiro atoms. The van der Waals surface area contributed by atoms with Crippen molar-refractivity contribution < 1.29 is 19.8 Å². The second-order valence-corrected chi connectivity index (χ2v) is 9.63. The van der Waals surface area contributed by atoms with E-state index in [1.54, 1.807) is 37.7 Å². The lowest BCUT2D eigenvalue weighted by Crippen LogP contribution is -2.63. The highest BCUT2D eigenvalue weighted by Crippen LogP contribution is 2.45. The van der Waals surface area contributed by atoms with Crippen molar-refractivity contribution in [3.05, 3.63) is 35.9 Å². The van der Waals surface area contributed by atoms with Crippen LogP contribution in [0.25, 0.3) is 0 Å². The Hall–Kier alpha value is -2.16. The third kappa shape index (κ3) is 5.50. The SMILES string of the molecule is CN(C)[C@@H](NC(=O)NCC(C)(C)O)C(=O)N1CC[C@](O)(c2ccccc2)C(C)(C)C1. The van der Waals surface area contributed by atoms with Gasteiger partial charge in [-0.15, -0.1) is 0 Å². The van der Waals surface area contributed by atoms with Crippen LogP contribution in [-0.2, 0) is 10.4 Å². The second kappa shape index (κ2) is 8.91. The molecule has 1 heterocycles. The maximum atomic E-state index is 13.2. The molecule has 30 heavy (non-hydrogen) atoms. The van der Waals surface area contributed by atoms with E-state index in [9.17, 15) is 19.8 Å². The van der Waals surface area contributed by atoms with E-state index in [1.165, 1.54) is 0 Å². The number of urea groups is 1. The molecule has 8 heteroatoms. The van der Waals surface area contributed by atoms with E-state index in [4.69, 9.17) is 0 Å². The number of likely N-dealkylation sites (tertiary alicyclic amines) is 1. The van der Waals surface area contributed by atoms with Gasteiger partial charge in [0.2, 0.25) is 0 Å². The fourth-order valence-electron chi connectivity index (χ4n) is 3.82. The van der Waals surface area contributed by atoms with Crippen molar-refractivity contribution in [2.24, 2.45) is 5.41 Å². The molecule has 2 atom stereocenters. The lowest BCUT2D eigenvalue weighted by Gasteiger charge is -2.51. The Morgan fingerprint density at radius 3 is 2.33 bits per heavy atom. The standard InChI is InChI=1S/C22H36N4O4/c1-20(2)15-26(13-12-22(20,30)16-10-8-7-9-11-16)18(27)17(25(5)6)24-19(28)23-14-21(3,4)29/h7-11,17,29-30H,12-15H2,1-6H3,(H2,23,24,28)/t17-,22+/m1/s1. The Labute approximate surface area is 179 Å². The number of nitrogens with one attached hydrogen (secondary N) is 2. The summed E-state index contributed by atoms with van der Waals surface area (Å²) in [5, 5.41) is 26.5. The number of amides is 3. The Kier molecular flexibility index (Phi) is 7.16. The normalized spacial score (nSPS) is 22.5. The van der Waals surface area contributed by atoms with Gasteiger partial charge in [-0.3, -0.25) is 9.69 Å². The molecule has 2 rings (SSSR count). The summed E-state index contributed by atoms with van der Waals surface area (Å²) >= 11 is 0. The Balaban J connectivity index is 2.11. The molecule has 1 saturated heterocycles. The first-order chi connectivity index (χ1) is 13.8. The highest BCUT2D eigenvalue weighted by Gasteiger charge is 2.50. The molecule has 1 aliphatic rings. The third-order valence-corrected chi connectivity index (χ3v) is 5.71. The second-order valence-electron chi connectivity index (χ2n) is 9.63. The predicted octanol–water partition coefficient (Wildman–Crippen LogP) is 1.09. The van der Waals surface area contributed by atoms with Crippen LogP contribution in [0.15, 0.2) is 30.3 Å². The van der Waals surface area contributed by atoms with Crippen LogP contribution < -0.4 is 10.6 Å². The average Bonchev–Trinajstić information content (AvgIpc) is 2.66. The van der Waals surface area contributed by atoms with Gasteiger partial charge in [-0.2, -0.15) is 0 Å². The van der Waals surface area contributed by atoms with Crippen LogP contribution in [0.1, 0.15) is 39.7 Å². The van der Waals surface area contributed by atoms with Crippen molar-refractivity contribution in [3.63, 3.8) is 0 Å². The van der Waals surface area contributed by atoms with Crippen LogP contribution >= 0.6 is 0 Å². The Bertz CT molecular complexity index is 745. The molecule has 1 aromatic rings. The Morgan fingerprint density at radius 2 is 1.83 bits per heavy atom. The number of piperidine rings is 1. The van der Waals surface area contributed by atoms with Gasteiger partial charge in [0, 0.05) is 25.0 Å². The first kappa shape index (κ1) is 24.1. The molecule has 168 valence electrons. The van der Waals surface area contributed by atoms with Crippen molar-refractivity contribution in [2.75, 3.05) is 33.7 Å². The lowest BCUT2D eigenvalue weighted by atomic mass is 9.66. The fourth-order valence-corrected chi connectivity index (χ4v) is 3.82. The minimum absolute atomic E-state index is 0.0635. The first-order valence-electron chi connectivity index (χ1n) is 10.3. The van der Waals surface area contributed by atoms with E-state index in [0.717, 1.165) is 5.56 Å². The van der Waals surface area contributed by atoms with Crippen molar-refractivity contribution in [1.29, 1.82) is 0 Å². The van der Waals surface area contributed by atoms with Crippen molar-refractivity contribution in [2.45, 2.75) is 51.5 Å². The monoisotopic (exact) mass is 420 g/mol. The molecule has 1 aromatic carbocycles. The molecule has 1 aliphatic heterocycles. The summed E-state index contributed by atoms with van der Waals surface area (Å²) in [6.07, 6.45) is -0.452. The molecule has 3 amide bonds. The molecule has 0 radical (unpaired) electrons. The molecule has 0 unspecified atom stereocenters. The van der Waals surface area contributed by atoms with Gasteiger partial charge in [0.1, 0.15) is 0 Å². The molecule has 0 aliphatic carbocycles. The van der Waals surface area contributed by atoms with Gasteiger partial charge < -0.3 is 25.7 Å². The van der Waals surface area contributed by atoms with Crippen molar-refractivity contribution in [3.8, 4) is 0 Å². The van der Waals surface area contributed by atoms with Crippen molar-refractivity contribution in [1.82, 2.24) is 20.4 Å². The molecule has 0 aromatic heterocycles. The van der Waals surface area contributed by atoms with Gasteiger partial charge in [0.25, 0.3) is 5.91 Å². The highest BCUT2D eigenvalue weighted by molar-refractivity contribution is 5.86. The van der Waals surface area contributed by atoms with E-state index in [2.05, 4.69) is 10.6 Å². The van der Waals surface area contributed by atoms with E-state index in [-0.39, 0.29) is 12.5 Å². The molecular formula is C22H36N4O4. The van der Waals surface area contributed by atoms with Gasteiger partial charge in [-0.25, -0.2) is 4.79 Å².